The Labute approximate surface area is 145 Å². The van der Waals surface area contributed by atoms with E-state index in [4.69, 9.17) is 0 Å². The Morgan fingerprint density at radius 1 is 1.08 bits per heavy atom. The Hall–Kier alpha value is -3.21. The molecule has 0 bridgehead atoms. The lowest BCUT2D eigenvalue weighted by atomic mass is 10.1. The number of hydrogen-bond acceptors (Lipinski definition) is 3. The minimum atomic E-state index is -0.475. The number of carbonyl (C=O) groups excluding carboxylic acids is 1. The van der Waals surface area contributed by atoms with Gasteiger partial charge in [0.25, 0.3) is 5.91 Å². The number of hydrogen-bond donors (Lipinski definition) is 2. The van der Waals surface area contributed by atoms with Gasteiger partial charge in [0, 0.05) is 18.9 Å². The molecule has 1 heterocycles. The quantitative estimate of drug-likeness (QED) is 0.727. The van der Waals surface area contributed by atoms with Crippen molar-refractivity contribution in [1.29, 1.82) is 0 Å². The van der Waals surface area contributed by atoms with Gasteiger partial charge in [0.1, 0.15) is 5.82 Å². The monoisotopic (exact) mass is 335 g/mol. The minimum Gasteiger partial charge on any atom is -0.380 e. The zero-order valence-electron chi connectivity index (χ0n) is 13.8. The second-order valence-electron chi connectivity index (χ2n) is 5.74. The molecule has 0 aliphatic carbocycles. The molecule has 3 aromatic rings. The number of para-hydroxylation sites is 1. The highest BCUT2D eigenvalue weighted by atomic mass is 19.1. The van der Waals surface area contributed by atoms with Gasteiger partial charge in [-0.25, -0.2) is 4.39 Å². The fourth-order valence-corrected chi connectivity index (χ4v) is 2.44. The van der Waals surface area contributed by atoms with E-state index in [1.807, 2.05) is 25.1 Å². The summed E-state index contributed by atoms with van der Waals surface area (Å²) in [5, 5.41) is 5.80. The molecular weight excluding hydrogens is 317 g/mol. The summed E-state index contributed by atoms with van der Waals surface area (Å²) >= 11 is 0. The number of nitrogens with zero attached hydrogens (tertiary/aromatic N) is 1. The Morgan fingerprint density at radius 2 is 1.92 bits per heavy atom. The van der Waals surface area contributed by atoms with Gasteiger partial charge in [0.15, 0.2) is 0 Å². The first kappa shape index (κ1) is 16.6. The van der Waals surface area contributed by atoms with E-state index in [0.717, 1.165) is 11.3 Å². The van der Waals surface area contributed by atoms with Crippen molar-refractivity contribution in [3.63, 3.8) is 0 Å². The lowest BCUT2D eigenvalue weighted by Crippen LogP contribution is -2.13. The standard InChI is InChI=1S/C20H18FN3O/c1-14-5-4-6-15(9-14)11-23-17-10-16(12-22-13-17)20(25)24-19-8-3-2-7-18(19)21/h2-10,12-13,23H,11H2,1H3,(H,24,25). The molecule has 0 atom stereocenters. The molecular formula is C20H18FN3O. The van der Waals surface area contributed by atoms with Crippen LogP contribution >= 0.6 is 0 Å². The lowest BCUT2D eigenvalue weighted by molar-refractivity contribution is 0.102. The molecule has 5 heteroatoms. The fourth-order valence-electron chi connectivity index (χ4n) is 2.44. The molecule has 1 aromatic heterocycles. The van der Waals surface area contributed by atoms with Crippen LogP contribution in [0.4, 0.5) is 15.8 Å². The van der Waals surface area contributed by atoms with Gasteiger partial charge in [0.2, 0.25) is 0 Å². The van der Waals surface area contributed by atoms with Crippen LogP contribution in [0.5, 0.6) is 0 Å². The summed E-state index contributed by atoms with van der Waals surface area (Å²) < 4.78 is 13.6. The molecule has 25 heavy (non-hydrogen) atoms. The zero-order chi connectivity index (χ0) is 17.6. The van der Waals surface area contributed by atoms with Crippen molar-refractivity contribution in [1.82, 2.24) is 4.98 Å². The van der Waals surface area contributed by atoms with E-state index in [1.54, 1.807) is 24.4 Å². The molecule has 0 aliphatic rings. The highest BCUT2D eigenvalue weighted by Crippen LogP contribution is 2.16. The van der Waals surface area contributed by atoms with Crippen molar-refractivity contribution in [3.05, 3.63) is 89.5 Å². The average molecular weight is 335 g/mol. The van der Waals surface area contributed by atoms with Gasteiger partial charge >= 0.3 is 0 Å². The van der Waals surface area contributed by atoms with Crippen molar-refractivity contribution in [2.75, 3.05) is 10.6 Å². The van der Waals surface area contributed by atoms with Gasteiger partial charge in [-0.1, -0.05) is 42.0 Å². The summed E-state index contributed by atoms with van der Waals surface area (Å²) in [5.74, 6) is -0.880. The summed E-state index contributed by atoms with van der Waals surface area (Å²) in [4.78, 5) is 16.4. The Morgan fingerprint density at radius 3 is 2.72 bits per heavy atom. The number of benzene rings is 2. The maximum atomic E-state index is 13.6. The Balaban J connectivity index is 1.68. The molecule has 0 radical (unpaired) electrons. The lowest BCUT2D eigenvalue weighted by Gasteiger charge is -2.09. The average Bonchev–Trinajstić information content (AvgIpc) is 2.62. The van der Waals surface area contributed by atoms with E-state index < -0.39 is 11.7 Å². The first-order chi connectivity index (χ1) is 12.1. The molecule has 0 aliphatic heterocycles. The van der Waals surface area contributed by atoms with E-state index in [2.05, 4.69) is 21.7 Å². The molecule has 2 aromatic carbocycles. The third-order valence-corrected chi connectivity index (χ3v) is 3.70. The van der Waals surface area contributed by atoms with Gasteiger partial charge in [-0.05, 0) is 30.7 Å². The molecule has 126 valence electrons. The van der Waals surface area contributed by atoms with Gasteiger partial charge < -0.3 is 10.6 Å². The second-order valence-corrected chi connectivity index (χ2v) is 5.74. The van der Waals surface area contributed by atoms with Crippen molar-refractivity contribution < 1.29 is 9.18 Å². The van der Waals surface area contributed by atoms with Gasteiger partial charge in [0.05, 0.1) is 16.9 Å². The number of anilines is 2. The highest BCUT2D eigenvalue weighted by molar-refractivity contribution is 6.04. The number of amides is 1. The predicted molar refractivity (Wildman–Crippen MR) is 97.1 cm³/mol. The maximum Gasteiger partial charge on any atom is 0.257 e. The molecule has 0 spiro atoms. The number of aryl methyl sites for hydroxylation is 1. The van der Waals surface area contributed by atoms with E-state index in [-0.39, 0.29) is 5.69 Å². The Bertz CT molecular complexity index is 895. The molecule has 0 fully saturated rings. The summed E-state index contributed by atoms with van der Waals surface area (Å²) in [6.07, 6.45) is 3.10. The molecule has 3 rings (SSSR count). The molecule has 2 N–H and O–H groups in total. The van der Waals surface area contributed by atoms with Crippen molar-refractivity contribution in [3.8, 4) is 0 Å². The highest BCUT2D eigenvalue weighted by Gasteiger charge is 2.10. The van der Waals surface area contributed by atoms with Crippen LogP contribution in [0.1, 0.15) is 21.5 Å². The van der Waals surface area contributed by atoms with Crippen LogP contribution in [-0.2, 0) is 6.54 Å². The van der Waals surface area contributed by atoms with Crippen molar-refractivity contribution in [2.24, 2.45) is 0 Å². The second kappa shape index (κ2) is 7.57. The predicted octanol–water partition coefficient (Wildman–Crippen LogP) is 4.39. The fraction of sp³-hybridized carbons (Fsp3) is 0.100. The molecule has 1 amide bonds. The van der Waals surface area contributed by atoms with Crippen LogP contribution in [-0.4, -0.2) is 10.9 Å². The molecule has 0 saturated carbocycles. The number of rotatable bonds is 5. The number of nitrogens with one attached hydrogen (secondary N) is 2. The number of pyridine rings is 1. The van der Waals surface area contributed by atoms with Crippen LogP contribution < -0.4 is 10.6 Å². The first-order valence-electron chi connectivity index (χ1n) is 7.92. The summed E-state index contributed by atoms with van der Waals surface area (Å²) in [7, 11) is 0. The largest absolute Gasteiger partial charge is 0.380 e. The van der Waals surface area contributed by atoms with Crippen LogP contribution in [0.15, 0.2) is 67.0 Å². The summed E-state index contributed by atoms with van der Waals surface area (Å²) in [6.45, 7) is 2.67. The Kier molecular flexibility index (Phi) is 5.04. The summed E-state index contributed by atoms with van der Waals surface area (Å²) in [6, 6.07) is 15.9. The van der Waals surface area contributed by atoms with Crippen LogP contribution in [0.3, 0.4) is 0 Å². The van der Waals surface area contributed by atoms with Crippen LogP contribution in [0.2, 0.25) is 0 Å². The zero-order valence-corrected chi connectivity index (χ0v) is 13.8. The number of halogens is 1. The topological polar surface area (TPSA) is 54.0 Å². The van der Waals surface area contributed by atoms with Crippen molar-refractivity contribution in [2.45, 2.75) is 13.5 Å². The third kappa shape index (κ3) is 4.41. The molecule has 0 unspecified atom stereocenters. The SMILES string of the molecule is Cc1cccc(CNc2cncc(C(=O)Nc3ccccc3F)c2)c1. The minimum absolute atomic E-state index is 0.144. The van der Waals surface area contributed by atoms with E-state index in [9.17, 15) is 9.18 Å². The smallest absolute Gasteiger partial charge is 0.257 e. The summed E-state index contributed by atoms with van der Waals surface area (Å²) in [5.41, 5.74) is 3.56. The first-order valence-corrected chi connectivity index (χ1v) is 7.92. The van der Waals surface area contributed by atoms with Gasteiger partial charge in [-0.2, -0.15) is 0 Å². The number of carbonyl (C=O) groups is 1. The van der Waals surface area contributed by atoms with E-state index in [0.29, 0.717) is 12.1 Å². The van der Waals surface area contributed by atoms with Crippen molar-refractivity contribution >= 4 is 17.3 Å². The molecule has 0 saturated heterocycles. The molecule has 4 nitrogen and oxygen atoms in total. The van der Waals surface area contributed by atoms with E-state index >= 15 is 0 Å². The van der Waals surface area contributed by atoms with Gasteiger partial charge in [-0.15, -0.1) is 0 Å². The number of aromatic nitrogens is 1. The third-order valence-electron chi connectivity index (χ3n) is 3.70. The van der Waals surface area contributed by atoms with Crippen LogP contribution in [0.25, 0.3) is 0 Å². The van der Waals surface area contributed by atoms with Crippen LogP contribution in [0, 0.1) is 12.7 Å². The van der Waals surface area contributed by atoms with E-state index in [1.165, 1.54) is 23.9 Å². The van der Waals surface area contributed by atoms with Gasteiger partial charge in [-0.3, -0.25) is 9.78 Å². The maximum absolute atomic E-state index is 13.6. The normalized spacial score (nSPS) is 10.3.